The van der Waals surface area contributed by atoms with Gasteiger partial charge in [-0.25, -0.2) is 9.78 Å². The van der Waals surface area contributed by atoms with Crippen LogP contribution >= 0.6 is 0 Å². The smallest absolute Gasteiger partial charge is 0.410 e. The molecule has 2 aliphatic rings. The first kappa shape index (κ1) is 14.4. The molecule has 2 fully saturated rings. The van der Waals surface area contributed by atoms with Gasteiger partial charge in [-0.1, -0.05) is 0 Å². The van der Waals surface area contributed by atoms with Crippen LogP contribution in [0.1, 0.15) is 69.9 Å². The Kier molecular flexibility index (Phi) is 3.68. The van der Waals surface area contributed by atoms with Gasteiger partial charge in [0.15, 0.2) is 5.89 Å². The molecule has 0 radical (unpaired) electrons. The monoisotopic (exact) mass is 292 g/mol. The quantitative estimate of drug-likeness (QED) is 0.834. The Morgan fingerprint density at radius 3 is 2.48 bits per heavy atom. The highest BCUT2D eigenvalue weighted by Gasteiger charge is 2.32. The van der Waals surface area contributed by atoms with Gasteiger partial charge in [-0.3, -0.25) is 0 Å². The second-order valence-corrected chi connectivity index (χ2v) is 7.12. The zero-order valence-electron chi connectivity index (χ0n) is 13.1. The molecule has 5 heteroatoms. The first-order valence-electron chi connectivity index (χ1n) is 7.86. The number of piperidine rings is 1. The van der Waals surface area contributed by atoms with Gasteiger partial charge in [0, 0.05) is 24.9 Å². The molecule has 2 heterocycles. The van der Waals surface area contributed by atoms with Gasteiger partial charge in [0.2, 0.25) is 0 Å². The molecule has 0 N–H and O–H groups in total. The fourth-order valence-electron chi connectivity index (χ4n) is 2.68. The van der Waals surface area contributed by atoms with Crippen LogP contribution in [-0.4, -0.2) is 34.7 Å². The average molecular weight is 292 g/mol. The van der Waals surface area contributed by atoms with Crippen LogP contribution in [0.15, 0.2) is 10.6 Å². The first-order valence-corrected chi connectivity index (χ1v) is 7.86. The number of hydrogen-bond acceptors (Lipinski definition) is 4. The van der Waals surface area contributed by atoms with E-state index in [0.29, 0.717) is 11.8 Å². The molecule has 5 nitrogen and oxygen atoms in total. The van der Waals surface area contributed by atoms with Crippen LogP contribution in [0.4, 0.5) is 4.79 Å². The number of nitrogens with zero attached hydrogens (tertiary/aromatic N) is 2. The zero-order chi connectivity index (χ0) is 15.0. The number of hydrogen-bond donors (Lipinski definition) is 0. The van der Waals surface area contributed by atoms with Gasteiger partial charge in [-0.2, -0.15) is 0 Å². The van der Waals surface area contributed by atoms with Crippen molar-refractivity contribution in [2.24, 2.45) is 0 Å². The summed E-state index contributed by atoms with van der Waals surface area (Å²) in [5, 5.41) is 0. The lowest BCUT2D eigenvalue weighted by Crippen LogP contribution is -2.41. The predicted octanol–water partition coefficient (Wildman–Crippen LogP) is 3.67. The van der Waals surface area contributed by atoms with Gasteiger partial charge < -0.3 is 14.1 Å². The lowest BCUT2D eigenvalue weighted by atomic mass is 9.95. The number of carbonyl (C=O) groups excluding carboxylic acids is 1. The molecule has 0 unspecified atom stereocenters. The molecule has 0 bridgehead atoms. The van der Waals surface area contributed by atoms with Crippen molar-refractivity contribution in [2.45, 2.75) is 63.9 Å². The number of carbonyl (C=O) groups is 1. The van der Waals surface area contributed by atoms with Crippen molar-refractivity contribution >= 4 is 6.09 Å². The van der Waals surface area contributed by atoms with Crippen molar-refractivity contribution in [2.75, 3.05) is 13.1 Å². The average Bonchev–Trinajstić information content (AvgIpc) is 3.15. The third-order valence-electron chi connectivity index (χ3n) is 4.02. The van der Waals surface area contributed by atoms with Crippen molar-refractivity contribution in [1.29, 1.82) is 0 Å². The zero-order valence-corrected chi connectivity index (χ0v) is 13.1. The number of likely N-dealkylation sites (tertiary alicyclic amines) is 1. The Labute approximate surface area is 125 Å². The minimum Gasteiger partial charge on any atom is -0.445 e. The van der Waals surface area contributed by atoms with E-state index >= 15 is 0 Å². The number of amides is 1. The SMILES string of the molecule is CC(C)(C)OC(=O)N1CCC(c2cnc(C3CC3)o2)CC1. The Hall–Kier alpha value is -1.52. The molecule has 1 amide bonds. The van der Waals surface area contributed by atoms with E-state index in [1.54, 1.807) is 4.90 Å². The molecular weight excluding hydrogens is 268 g/mol. The topological polar surface area (TPSA) is 55.6 Å². The maximum absolute atomic E-state index is 12.0. The molecule has 0 atom stereocenters. The van der Waals surface area contributed by atoms with Crippen LogP contribution in [0.5, 0.6) is 0 Å². The van der Waals surface area contributed by atoms with Gasteiger partial charge in [-0.05, 0) is 46.5 Å². The molecule has 1 saturated heterocycles. The normalized spacial score (nSPS) is 20.6. The minimum atomic E-state index is -0.433. The maximum Gasteiger partial charge on any atom is 0.410 e. The largest absolute Gasteiger partial charge is 0.445 e. The number of aromatic nitrogens is 1. The molecule has 1 saturated carbocycles. The maximum atomic E-state index is 12.0. The Bertz CT molecular complexity index is 506. The second kappa shape index (κ2) is 5.35. The highest BCUT2D eigenvalue weighted by Crippen LogP contribution is 2.41. The summed E-state index contributed by atoms with van der Waals surface area (Å²) in [4.78, 5) is 18.2. The fourth-order valence-corrected chi connectivity index (χ4v) is 2.68. The van der Waals surface area contributed by atoms with E-state index in [1.807, 2.05) is 27.0 Å². The van der Waals surface area contributed by atoms with Crippen LogP contribution in [0.3, 0.4) is 0 Å². The highest BCUT2D eigenvalue weighted by molar-refractivity contribution is 5.68. The summed E-state index contributed by atoms with van der Waals surface area (Å²) in [6, 6.07) is 0. The summed E-state index contributed by atoms with van der Waals surface area (Å²) in [6.45, 7) is 7.13. The third kappa shape index (κ3) is 3.57. The lowest BCUT2D eigenvalue weighted by molar-refractivity contribution is 0.0200. The third-order valence-corrected chi connectivity index (χ3v) is 4.02. The molecule has 116 valence electrons. The van der Waals surface area contributed by atoms with Crippen LogP contribution in [0, 0.1) is 0 Å². The molecule has 1 aliphatic heterocycles. The standard InChI is InChI=1S/C16H24N2O3/c1-16(2,3)21-15(19)18-8-6-11(7-9-18)13-10-17-14(20-13)12-4-5-12/h10-12H,4-9H2,1-3H3. The van der Waals surface area contributed by atoms with Crippen LogP contribution in [-0.2, 0) is 4.74 Å². The van der Waals surface area contributed by atoms with Gasteiger partial charge >= 0.3 is 6.09 Å². The molecule has 0 aromatic carbocycles. The van der Waals surface area contributed by atoms with Crippen LogP contribution in [0.2, 0.25) is 0 Å². The predicted molar refractivity (Wildman–Crippen MR) is 78.3 cm³/mol. The molecule has 0 spiro atoms. The van der Waals surface area contributed by atoms with Crippen molar-refractivity contribution < 1.29 is 13.9 Å². The Balaban J connectivity index is 1.53. The first-order chi connectivity index (χ1) is 9.92. The van der Waals surface area contributed by atoms with E-state index in [1.165, 1.54) is 12.8 Å². The van der Waals surface area contributed by atoms with Crippen molar-refractivity contribution in [3.63, 3.8) is 0 Å². The number of ether oxygens (including phenoxy) is 1. The minimum absolute atomic E-state index is 0.211. The summed E-state index contributed by atoms with van der Waals surface area (Å²) in [7, 11) is 0. The summed E-state index contributed by atoms with van der Waals surface area (Å²) in [5.41, 5.74) is -0.433. The van der Waals surface area contributed by atoms with Crippen LogP contribution < -0.4 is 0 Å². The Morgan fingerprint density at radius 2 is 1.90 bits per heavy atom. The summed E-state index contributed by atoms with van der Waals surface area (Å²) < 4.78 is 11.3. The second-order valence-electron chi connectivity index (χ2n) is 7.12. The van der Waals surface area contributed by atoms with E-state index in [2.05, 4.69) is 4.98 Å². The Morgan fingerprint density at radius 1 is 1.24 bits per heavy atom. The van der Waals surface area contributed by atoms with E-state index < -0.39 is 5.60 Å². The molecule has 21 heavy (non-hydrogen) atoms. The summed E-state index contributed by atoms with van der Waals surface area (Å²) in [6.07, 6.45) is 5.91. The number of oxazole rings is 1. The van der Waals surface area contributed by atoms with E-state index in [9.17, 15) is 4.79 Å². The highest BCUT2D eigenvalue weighted by atomic mass is 16.6. The van der Waals surface area contributed by atoms with Gasteiger partial charge in [0.25, 0.3) is 0 Å². The number of rotatable bonds is 2. The van der Waals surface area contributed by atoms with E-state index in [0.717, 1.165) is 37.6 Å². The van der Waals surface area contributed by atoms with E-state index in [-0.39, 0.29) is 6.09 Å². The molecular formula is C16H24N2O3. The molecule has 1 aromatic rings. The van der Waals surface area contributed by atoms with Crippen LogP contribution in [0.25, 0.3) is 0 Å². The fraction of sp³-hybridized carbons (Fsp3) is 0.750. The van der Waals surface area contributed by atoms with Gasteiger partial charge in [0.1, 0.15) is 11.4 Å². The van der Waals surface area contributed by atoms with E-state index in [4.69, 9.17) is 9.15 Å². The van der Waals surface area contributed by atoms with Crippen molar-refractivity contribution in [1.82, 2.24) is 9.88 Å². The summed E-state index contributed by atoms with van der Waals surface area (Å²) >= 11 is 0. The molecule has 1 aromatic heterocycles. The lowest BCUT2D eigenvalue weighted by Gasteiger charge is -2.32. The van der Waals surface area contributed by atoms with Crippen molar-refractivity contribution in [3.05, 3.63) is 17.8 Å². The molecule has 3 rings (SSSR count). The van der Waals surface area contributed by atoms with Gasteiger partial charge in [-0.15, -0.1) is 0 Å². The van der Waals surface area contributed by atoms with Gasteiger partial charge in [0.05, 0.1) is 6.20 Å². The molecule has 1 aliphatic carbocycles. The summed E-state index contributed by atoms with van der Waals surface area (Å²) in [5.74, 6) is 2.82. The van der Waals surface area contributed by atoms with Crippen molar-refractivity contribution in [3.8, 4) is 0 Å².